The van der Waals surface area contributed by atoms with Crippen LogP contribution < -0.4 is 24.8 Å². The molecule has 0 unspecified atom stereocenters. The van der Waals surface area contributed by atoms with Crippen LogP contribution in [0.2, 0.25) is 0 Å². The normalized spacial score (nSPS) is 14.6. The van der Waals surface area contributed by atoms with Crippen LogP contribution in [0.25, 0.3) is 17.1 Å². The topological polar surface area (TPSA) is 78.2 Å². The van der Waals surface area contributed by atoms with E-state index in [1.54, 1.807) is 24.8 Å². The van der Waals surface area contributed by atoms with Gasteiger partial charge in [0.15, 0.2) is 17.3 Å². The monoisotopic (exact) mass is 370 g/mol. The molecular formula is C21H14N4O3. The predicted molar refractivity (Wildman–Crippen MR) is 104 cm³/mol. The molecule has 5 rings (SSSR count). The molecule has 0 spiro atoms. The molecule has 2 aliphatic rings. The smallest absolute Gasteiger partial charge is 0.231 e. The lowest BCUT2D eigenvalue weighted by Gasteiger charge is -2.04. The number of rotatable bonds is 0. The fourth-order valence-corrected chi connectivity index (χ4v) is 2.93. The molecule has 7 heteroatoms. The highest BCUT2D eigenvalue weighted by Gasteiger charge is 2.16. The van der Waals surface area contributed by atoms with Crippen molar-refractivity contribution in [3.8, 4) is 17.2 Å². The molecule has 2 bridgehead atoms. The maximum absolute atomic E-state index is 5.66. The second-order valence-electron chi connectivity index (χ2n) is 5.98. The molecule has 0 amide bonds. The number of ether oxygens (including phenoxy) is 3. The van der Waals surface area contributed by atoms with E-state index >= 15 is 0 Å². The van der Waals surface area contributed by atoms with Gasteiger partial charge < -0.3 is 14.2 Å². The van der Waals surface area contributed by atoms with Crippen LogP contribution in [0.15, 0.2) is 71.1 Å². The second kappa shape index (κ2) is 6.96. The second-order valence-corrected chi connectivity index (χ2v) is 5.98. The van der Waals surface area contributed by atoms with Crippen LogP contribution in [-0.4, -0.2) is 23.0 Å². The van der Waals surface area contributed by atoms with Crippen molar-refractivity contribution in [3.05, 3.63) is 71.7 Å². The van der Waals surface area contributed by atoms with E-state index in [9.17, 15) is 0 Å². The zero-order valence-electron chi connectivity index (χ0n) is 14.6. The van der Waals surface area contributed by atoms with Crippen LogP contribution >= 0.6 is 0 Å². The summed E-state index contributed by atoms with van der Waals surface area (Å²) < 4.78 is 16.8. The van der Waals surface area contributed by atoms with E-state index in [2.05, 4.69) is 15.0 Å². The highest BCUT2D eigenvalue weighted by Crippen LogP contribution is 2.29. The number of hydrogen-bond acceptors (Lipinski definition) is 7. The van der Waals surface area contributed by atoms with Crippen molar-refractivity contribution >= 4 is 29.1 Å². The Morgan fingerprint density at radius 2 is 1.93 bits per heavy atom. The van der Waals surface area contributed by atoms with Gasteiger partial charge in [0.05, 0.1) is 11.8 Å². The lowest BCUT2D eigenvalue weighted by atomic mass is 10.2. The molecule has 0 saturated carbocycles. The van der Waals surface area contributed by atoms with Gasteiger partial charge in [0.1, 0.15) is 17.4 Å². The summed E-state index contributed by atoms with van der Waals surface area (Å²) >= 11 is 0. The zero-order valence-corrected chi connectivity index (χ0v) is 14.6. The Morgan fingerprint density at radius 1 is 0.929 bits per heavy atom. The summed E-state index contributed by atoms with van der Waals surface area (Å²) in [6.45, 7) is 0.154. The SMILES string of the molecule is C1=CC=NC=c2ccc3c(c2=Nc2ncnc4ccc(cc24)OC=C1)OCO3. The van der Waals surface area contributed by atoms with Crippen molar-refractivity contribution in [2.75, 3.05) is 6.79 Å². The summed E-state index contributed by atoms with van der Waals surface area (Å²) in [4.78, 5) is 17.8. The number of fused-ring (bicyclic) bond motifs is 4. The van der Waals surface area contributed by atoms with E-state index < -0.39 is 0 Å². The summed E-state index contributed by atoms with van der Waals surface area (Å²) in [7, 11) is 0. The molecule has 2 aromatic carbocycles. The lowest BCUT2D eigenvalue weighted by Crippen LogP contribution is -2.25. The highest BCUT2D eigenvalue weighted by molar-refractivity contribution is 5.88. The molecule has 2 aliphatic heterocycles. The molecule has 0 N–H and O–H groups in total. The lowest BCUT2D eigenvalue weighted by molar-refractivity contribution is 0.173. The minimum atomic E-state index is 0.154. The number of allylic oxidation sites excluding steroid dienone is 3. The fraction of sp³-hybridized carbons (Fsp3) is 0.0476. The summed E-state index contributed by atoms with van der Waals surface area (Å²) in [5.74, 6) is 2.39. The van der Waals surface area contributed by atoms with Crippen LogP contribution in [0.5, 0.6) is 17.2 Å². The first-order chi connectivity index (χ1) is 13.9. The maximum atomic E-state index is 5.66. The Hall–Kier alpha value is -4.00. The summed E-state index contributed by atoms with van der Waals surface area (Å²) in [5.41, 5.74) is 0.766. The fourth-order valence-electron chi connectivity index (χ4n) is 2.93. The predicted octanol–water partition coefficient (Wildman–Crippen LogP) is 2.58. The van der Waals surface area contributed by atoms with Crippen LogP contribution in [0.3, 0.4) is 0 Å². The highest BCUT2D eigenvalue weighted by atomic mass is 16.7. The number of aliphatic imine (C=N–C) groups is 1. The molecule has 0 fully saturated rings. The van der Waals surface area contributed by atoms with Gasteiger partial charge in [0.2, 0.25) is 6.79 Å². The average molecular weight is 370 g/mol. The van der Waals surface area contributed by atoms with Crippen LogP contribution in [0, 0.1) is 0 Å². The zero-order chi connectivity index (χ0) is 18.8. The van der Waals surface area contributed by atoms with E-state index in [-0.39, 0.29) is 6.79 Å². The summed E-state index contributed by atoms with van der Waals surface area (Å²) in [5, 5.41) is 2.17. The Bertz CT molecular complexity index is 1280. The van der Waals surface area contributed by atoms with Crippen molar-refractivity contribution in [1.29, 1.82) is 0 Å². The van der Waals surface area contributed by atoms with Gasteiger partial charge in [0.25, 0.3) is 0 Å². The molecule has 0 saturated heterocycles. The Labute approximate surface area is 159 Å². The molecule has 3 aromatic rings. The first-order valence-electron chi connectivity index (χ1n) is 8.62. The molecule has 0 atom stereocenters. The first kappa shape index (κ1) is 16.2. The van der Waals surface area contributed by atoms with Gasteiger partial charge in [-0.1, -0.05) is 6.08 Å². The van der Waals surface area contributed by atoms with Gasteiger partial charge in [0, 0.05) is 23.0 Å². The van der Waals surface area contributed by atoms with Crippen molar-refractivity contribution in [1.82, 2.24) is 9.97 Å². The molecule has 1 aromatic heterocycles. The number of hydrogen-bond donors (Lipinski definition) is 0. The number of aromatic nitrogens is 2. The maximum Gasteiger partial charge on any atom is 0.231 e. The van der Waals surface area contributed by atoms with Gasteiger partial charge in [-0.2, -0.15) is 0 Å². The van der Waals surface area contributed by atoms with Gasteiger partial charge >= 0.3 is 0 Å². The Balaban J connectivity index is 1.85. The molecule has 7 nitrogen and oxygen atoms in total. The average Bonchev–Trinajstić information content (AvgIpc) is 3.20. The van der Waals surface area contributed by atoms with Crippen molar-refractivity contribution in [2.24, 2.45) is 9.98 Å². The van der Waals surface area contributed by atoms with Crippen LogP contribution in [0.4, 0.5) is 5.82 Å². The Morgan fingerprint density at radius 3 is 2.93 bits per heavy atom. The third-order valence-corrected chi connectivity index (χ3v) is 4.24. The van der Waals surface area contributed by atoms with Gasteiger partial charge in [-0.25, -0.2) is 15.0 Å². The van der Waals surface area contributed by atoms with Gasteiger partial charge in [-0.15, -0.1) is 0 Å². The molecule has 3 heterocycles. The standard InChI is InChI=1S/C21H14N4O3/c1-2-8-22-11-14-4-7-18-20(28-13-27-18)19(14)25-21-16-10-15(26-9-3-1)5-6-17(16)23-12-24-21/h1-12H,13H2. The summed E-state index contributed by atoms with van der Waals surface area (Å²) in [6.07, 6.45) is 11.9. The van der Waals surface area contributed by atoms with Gasteiger partial charge in [-0.05, 0) is 42.5 Å². The third kappa shape index (κ3) is 2.99. The van der Waals surface area contributed by atoms with Crippen molar-refractivity contribution in [3.63, 3.8) is 0 Å². The molecule has 0 aliphatic carbocycles. The largest absolute Gasteiger partial charge is 0.465 e. The van der Waals surface area contributed by atoms with Gasteiger partial charge in [-0.3, -0.25) is 4.99 Å². The molecule has 0 radical (unpaired) electrons. The van der Waals surface area contributed by atoms with Crippen LogP contribution in [-0.2, 0) is 0 Å². The van der Waals surface area contributed by atoms with E-state index in [0.717, 1.165) is 16.1 Å². The quantitative estimate of drug-likeness (QED) is 0.608. The number of benzene rings is 2. The van der Waals surface area contributed by atoms with E-state index in [1.807, 2.05) is 42.5 Å². The van der Waals surface area contributed by atoms with E-state index in [1.165, 1.54) is 6.33 Å². The third-order valence-electron chi connectivity index (χ3n) is 4.24. The molecular weight excluding hydrogens is 356 g/mol. The van der Waals surface area contributed by atoms with Crippen molar-refractivity contribution < 1.29 is 14.2 Å². The minimum absolute atomic E-state index is 0.154. The molecule has 136 valence electrons. The molecule has 28 heavy (non-hydrogen) atoms. The van der Waals surface area contributed by atoms with E-state index in [0.29, 0.717) is 28.4 Å². The van der Waals surface area contributed by atoms with E-state index in [4.69, 9.17) is 19.2 Å². The summed E-state index contributed by atoms with van der Waals surface area (Å²) in [6, 6.07) is 9.33. The Kier molecular flexibility index (Phi) is 4.02. The first-order valence-corrected chi connectivity index (χ1v) is 8.62. The van der Waals surface area contributed by atoms with Crippen LogP contribution in [0.1, 0.15) is 0 Å². The minimum Gasteiger partial charge on any atom is -0.465 e. The number of nitrogens with zero attached hydrogens (tertiary/aromatic N) is 4. The van der Waals surface area contributed by atoms with Crippen molar-refractivity contribution in [2.45, 2.75) is 0 Å².